The first kappa shape index (κ1) is 14.1. The van der Waals surface area contributed by atoms with Gasteiger partial charge in [-0.3, -0.25) is 0 Å². The number of fused-ring (bicyclic) bond motifs is 1. The lowest BCUT2D eigenvalue weighted by molar-refractivity contribution is 0.368. The van der Waals surface area contributed by atoms with Gasteiger partial charge in [0.05, 0.1) is 0 Å². The van der Waals surface area contributed by atoms with Crippen LogP contribution < -0.4 is 5.32 Å². The van der Waals surface area contributed by atoms with Crippen LogP contribution in [0.25, 0.3) is 0 Å². The van der Waals surface area contributed by atoms with E-state index in [2.05, 4.69) is 30.4 Å². The molecular weight excluding hydrogens is 242 g/mol. The van der Waals surface area contributed by atoms with Gasteiger partial charge in [0, 0.05) is 6.04 Å². The molecule has 1 nitrogen and oxygen atoms in total. The molecule has 0 heterocycles. The Labute approximate surface area is 124 Å². The number of hydrogen-bond donors (Lipinski definition) is 1. The lowest BCUT2D eigenvalue weighted by Gasteiger charge is -2.27. The van der Waals surface area contributed by atoms with E-state index >= 15 is 0 Å². The van der Waals surface area contributed by atoms with Crippen molar-refractivity contribution in [3.05, 3.63) is 34.9 Å². The zero-order valence-corrected chi connectivity index (χ0v) is 13.0. The highest BCUT2D eigenvalue weighted by atomic mass is 14.9. The summed E-state index contributed by atoms with van der Waals surface area (Å²) in [7, 11) is 0. The summed E-state index contributed by atoms with van der Waals surface area (Å²) in [6, 6.07) is 7.96. The first-order chi connectivity index (χ1) is 9.88. The fraction of sp³-hybridized carbons (Fsp3) is 0.684. The molecule has 0 amide bonds. The number of nitrogens with one attached hydrogen (secondary N) is 1. The van der Waals surface area contributed by atoms with Gasteiger partial charge in [-0.15, -0.1) is 0 Å². The first-order valence-corrected chi connectivity index (χ1v) is 8.73. The molecule has 1 heteroatoms. The van der Waals surface area contributed by atoms with Gasteiger partial charge < -0.3 is 5.32 Å². The van der Waals surface area contributed by atoms with E-state index in [-0.39, 0.29) is 0 Å². The van der Waals surface area contributed by atoms with Crippen LogP contribution in [0.15, 0.2) is 18.2 Å². The van der Waals surface area contributed by atoms with E-state index < -0.39 is 0 Å². The molecule has 1 aromatic rings. The van der Waals surface area contributed by atoms with Crippen molar-refractivity contribution in [3.63, 3.8) is 0 Å². The van der Waals surface area contributed by atoms with E-state index in [9.17, 15) is 0 Å². The molecular formula is C19H29N. The monoisotopic (exact) mass is 271 g/mol. The molecule has 2 aliphatic carbocycles. The second-order valence-electron chi connectivity index (χ2n) is 6.71. The summed E-state index contributed by atoms with van der Waals surface area (Å²) in [4.78, 5) is 0. The fourth-order valence-corrected chi connectivity index (χ4v) is 4.09. The Balaban J connectivity index is 1.81. The lowest BCUT2D eigenvalue weighted by Crippen LogP contribution is -2.28. The molecule has 0 aliphatic heterocycles. The minimum Gasteiger partial charge on any atom is -0.310 e. The molecule has 3 rings (SSSR count). The van der Waals surface area contributed by atoms with Crippen LogP contribution in [0.5, 0.6) is 0 Å². The van der Waals surface area contributed by atoms with Crippen molar-refractivity contribution in [2.45, 2.75) is 70.8 Å². The summed E-state index contributed by atoms with van der Waals surface area (Å²) in [6.45, 7) is 3.42. The highest BCUT2D eigenvalue weighted by Gasteiger charge is 2.26. The van der Waals surface area contributed by atoms with Crippen LogP contribution in [0, 0.1) is 5.92 Å². The van der Waals surface area contributed by atoms with Crippen LogP contribution in [0.4, 0.5) is 0 Å². The van der Waals surface area contributed by atoms with Crippen molar-refractivity contribution in [2.75, 3.05) is 6.54 Å². The van der Waals surface area contributed by atoms with Crippen molar-refractivity contribution in [1.82, 2.24) is 5.32 Å². The Morgan fingerprint density at radius 3 is 2.55 bits per heavy atom. The molecule has 0 bridgehead atoms. The molecule has 0 saturated heterocycles. The van der Waals surface area contributed by atoms with Crippen molar-refractivity contribution in [1.29, 1.82) is 0 Å². The van der Waals surface area contributed by atoms with Crippen LogP contribution >= 0.6 is 0 Å². The van der Waals surface area contributed by atoms with Gasteiger partial charge >= 0.3 is 0 Å². The van der Waals surface area contributed by atoms with Crippen molar-refractivity contribution in [2.24, 2.45) is 5.92 Å². The molecule has 20 heavy (non-hydrogen) atoms. The molecule has 1 fully saturated rings. The van der Waals surface area contributed by atoms with Gasteiger partial charge in [0.1, 0.15) is 0 Å². The highest BCUT2D eigenvalue weighted by molar-refractivity contribution is 5.35. The number of hydrogen-bond acceptors (Lipinski definition) is 1. The third kappa shape index (κ3) is 3.09. The van der Waals surface area contributed by atoms with Gasteiger partial charge in [0.15, 0.2) is 0 Å². The van der Waals surface area contributed by atoms with Gasteiger partial charge in [-0.1, -0.05) is 38.0 Å². The molecule has 1 atom stereocenters. The zero-order chi connectivity index (χ0) is 13.8. The highest BCUT2D eigenvalue weighted by Crippen LogP contribution is 2.37. The number of aryl methyl sites for hydroxylation is 2. The Hall–Kier alpha value is -0.820. The minimum absolute atomic E-state index is 0.602. The average Bonchev–Trinajstić information content (AvgIpc) is 3.02. The largest absolute Gasteiger partial charge is 0.310 e. The van der Waals surface area contributed by atoms with Crippen LogP contribution in [0.2, 0.25) is 0 Å². The van der Waals surface area contributed by atoms with E-state index in [0.29, 0.717) is 6.04 Å². The Morgan fingerprint density at radius 2 is 1.80 bits per heavy atom. The van der Waals surface area contributed by atoms with Crippen molar-refractivity contribution >= 4 is 0 Å². The molecule has 1 saturated carbocycles. The predicted octanol–water partition coefficient (Wildman–Crippen LogP) is 4.80. The van der Waals surface area contributed by atoms with Crippen LogP contribution in [0.3, 0.4) is 0 Å². The average molecular weight is 271 g/mol. The van der Waals surface area contributed by atoms with Crippen molar-refractivity contribution < 1.29 is 0 Å². The summed E-state index contributed by atoms with van der Waals surface area (Å²) in [5.41, 5.74) is 4.81. The lowest BCUT2D eigenvalue weighted by atomic mass is 9.85. The standard InChI is InChI=1S/C19H29N/c1-2-13-20-19(16-8-4-5-9-16)18-12-11-15-7-3-6-10-17(15)14-18/h11-12,14,16,19-20H,2-10,13H2,1H3. The summed E-state index contributed by atoms with van der Waals surface area (Å²) in [5, 5.41) is 3.83. The molecule has 110 valence electrons. The van der Waals surface area contributed by atoms with E-state index in [4.69, 9.17) is 0 Å². The maximum atomic E-state index is 3.83. The third-order valence-corrected chi connectivity index (χ3v) is 5.22. The topological polar surface area (TPSA) is 12.0 Å². The second-order valence-corrected chi connectivity index (χ2v) is 6.71. The van der Waals surface area contributed by atoms with E-state index in [1.54, 1.807) is 16.7 Å². The van der Waals surface area contributed by atoms with Crippen LogP contribution in [-0.2, 0) is 12.8 Å². The van der Waals surface area contributed by atoms with Crippen LogP contribution in [0.1, 0.15) is 74.6 Å². The molecule has 0 aromatic heterocycles. The maximum absolute atomic E-state index is 3.83. The summed E-state index contributed by atoms with van der Waals surface area (Å²) < 4.78 is 0. The minimum atomic E-state index is 0.602. The molecule has 1 N–H and O–H groups in total. The van der Waals surface area contributed by atoms with Gasteiger partial charge in [0.2, 0.25) is 0 Å². The Bertz CT molecular complexity index is 431. The molecule has 0 spiro atoms. The summed E-state index contributed by atoms with van der Waals surface area (Å²) in [5.74, 6) is 0.864. The maximum Gasteiger partial charge on any atom is 0.0348 e. The van der Waals surface area contributed by atoms with E-state index in [1.807, 2.05) is 0 Å². The van der Waals surface area contributed by atoms with E-state index in [1.165, 1.54) is 57.8 Å². The normalized spacial score (nSPS) is 20.9. The number of benzene rings is 1. The second kappa shape index (κ2) is 6.76. The Kier molecular flexibility index (Phi) is 4.77. The SMILES string of the molecule is CCCNC(c1ccc2c(c1)CCCC2)C1CCCC1. The molecule has 2 aliphatic rings. The van der Waals surface area contributed by atoms with Crippen LogP contribution in [-0.4, -0.2) is 6.54 Å². The third-order valence-electron chi connectivity index (χ3n) is 5.22. The fourth-order valence-electron chi connectivity index (χ4n) is 4.09. The van der Waals surface area contributed by atoms with E-state index in [0.717, 1.165) is 12.5 Å². The quantitative estimate of drug-likeness (QED) is 0.811. The van der Waals surface area contributed by atoms with Gasteiger partial charge in [-0.05, 0) is 74.1 Å². The van der Waals surface area contributed by atoms with Crippen molar-refractivity contribution in [3.8, 4) is 0 Å². The predicted molar refractivity (Wildman–Crippen MR) is 86.1 cm³/mol. The smallest absolute Gasteiger partial charge is 0.0348 e. The summed E-state index contributed by atoms with van der Waals surface area (Å²) >= 11 is 0. The molecule has 1 unspecified atom stereocenters. The van der Waals surface area contributed by atoms with Gasteiger partial charge in [0.25, 0.3) is 0 Å². The van der Waals surface area contributed by atoms with Gasteiger partial charge in [-0.2, -0.15) is 0 Å². The molecule has 0 radical (unpaired) electrons. The summed E-state index contributed by atoms with van der Waals surface area (Å²) in [6.07, 6.45) is 12.3. The number of rotatable bonds is 5. The zero-order valence-electron chi connectivity index (χ0n) is 13.0. The first-order valence-electron chi connectivity index (χ1n) is 8.73. The van der Waals surface area contributed by atoms with Gasteiger partial charge in [-0.25, -0.2) is 0 Å². The molecule has 1 aromatic carbocycles. The Morgan fingerprint density at radius 1 is 1.05 bits per heavy atom.